The van der Waals surface area contributed by atoms with Crippen LogP contribution in [0.2, 0.25) is 0 Å². The summed E-state index contributed by atoms with van der Waals surface area (Å²) in [4.78, 5) is 11.8. The Balaban J connectivity index is 1.98. The minimum absolute atomic E-state index is 0.0371. The van der Waals surface area contributed by atoms with Gasteiger partial charge in [-0.05, 0) is 31.0 Å². The Labute approximate surface area is 113 Å². The van der Waals surface area contributed by atoms with Crippen molar-refractivity contribution in [1.82, 2.24) is 9.88 Å². The van der Waals surface area contributed by atoms with Crippen LogP contribution in [0, 0.1) is 6.92 Å². The topological polar surface area (TPSA) is 43.3 Å². The summed E-state index contributed by atoms with van der Waals surface area (Å²) >= 11 is 0. The Bertz CT molecular complexity index is 560. The van der Waals surface area contributed by atoms with E-state index in [4.69, 9.17) is 4.74 Å². The van der Waals surface area contributed by atoms with Crippen LogP contribution in [0.15, 0.2) is 30.5 Å². The lowest BCUT2D eigenvalue weighted by atomic mass is 10.1. The zero-order valence-electron chi connectivity index (χ0n) is 11.5. The van der Waals surface area contributed by atoms with Gasteiger partial charge in [0.2, 0.25) is 5.91 Å². The van der Waals surface area contributed by atoms with Gasteiger partial charge in [0, 0.05) is 37.4 Å². The van der Waals surface area contributed by atoms with E-state index in [-0.39, 0.29) is 5.91 Å². The molecule has 1 heterocycles. The molecule has 0 saturated carbocycles. The number of aromatic nitrogens is 1. The standard InChI is InChI=1S/C15H20N2O2/c1-12-5-3-6-14-13(12)7-9-17(14)11-15(18)16-8-4-10-19-2/h3,5-7,9H,4,8,10-11H2,1-2H3,(H,16,18). The molecule has 0 saturated heterocycles. The average molecular weight is 260 g/mol. The van der Waals surface area contributed by atoms with Gasteiger partial charge in [-0.3, -0.25) is 4.79 Å². The molecular weight excluding hydrogens is 240 g/mol. The molecule has 0 aliphatic carbocycles. The summed E-state index contributed by atoms with van der Waals surface area (Å²) in [6, 6.07) is 8.20. The van der Waals surface area contributed by atoms with Crippen LogP contribution in [0.4, 0.5) is 0 Å². The first-order chi connectivity index (χ1) is 9.22. The first-order valence-corrected chi connectivity index (χ1v) is 6.52. The Morgan fingerprint density at radius 1 is 1.37 bits per heavy atom. The SMILES string of the molecule is COCCCNC(=O)Cn1ccc2c(C)cccc21. The molecule has 0 atom stereocenters. The lowest BCUT2D eigenvalue weighted by Crippen LogP contribution is -2.28. The maximum absolute atomic E-state index is 11.8. The van der Waals surface area contributed by atoms with Gasteiger partial charge in [-0.25, -0.2) is 0 Å². The van der Waals surface area contributed by atoms with E-state index in [1.807, 2.05) is 22.9 Å². The van der Waals surface area contributed by atoms with Gasteiger partial charge >= 0.3 is 0 Å². The molecule has 4 heteroatoms. The van der Waals surface area contributed by atoms with Gasteiger partial charge in [-0.2, -0.15) is 0 Å². The van der Waals surface area contributed by atoms with E-state index >= 15 is 0 Å². The van der Waals surface area contributed by atoms with E-state index in [0.29, 0.717) is 19.7 Å². The van der Waals surface area contributed by atoms with Crippen LogP contribution >= 0.6 is 0 Å². The highest BCUT2D eigenvalue weighted by Gasteiger charge is 2.06. The number of carbonyl (C=O) groups is 1. The molecule has 19 heavy (non-hydrogen) atoms. The van der Waals surface area contributed by atoms with Crippen molar-refractivity contribution < 1.29 is 9.53 Å². The van der Waals surface area contributed by atoms with E-state index in [1.165, 1.54) is 10.9 Å². The van der Waals surface area contributed by atoms with E-state index in [0.717, 1.165) is 11.9 Å². The fourth-order valence-corrected chi connectivity index (χ4v) is 2.17. The first-order valence-electron chi connectivity index (χ1n) is 6.52. The van der Waals surface area contributed by atoms with Crippen LogP contribution < -0.4 is 5.32 Å². The highest BCUT2D eigenvalue weighted by atomic mass is 16.5. The summed E-state index contributed by atoms with van der Waals surface area (Å²) in [5.74, 6) is 0.0371. The fraction of sp³-hybridized carbons (Fsp3) is 0.400. The van der Waals surface area contributed by atoms with Crippen LogP contribution in [0.1, 0.15) is 12.0 Å². The molecule has 102 valence electrons. The quantitative estimate of drug-likeness (QED) is 0.808. The number of carbonyl (C=O) groups excluding carboxylic acids is 1. The molecule has 1 N–H and O–H groups in total. The van der Waals surface area contributed by atoms with Crippen molar-refractivity contribution in [3.8, 4) is 0 Å². The summed E-state index contributed by atoms with van der Waals surface area (Å²) in [6.45, 7) is 3.77. The molecule has 1 amide bonds. The minimum atomic E-state index is 0.0371. The van der Waals surface area contributed by atoms with Crippen molar-refractivity contribution in [1.29, 1.82) is 0 Å². The number of hydrogen-bond donors (Lipinski definition) is 1. The zero-order valence-corrected chi connectivity index (χ0v) is 11.5. The Hall–Kier alpha value is -1.81. The third-order valence-corrected chi connectivity index (χ3v) is 3.19. The van der Waals surface area contributed by atoms with E-state index in [9.17, 15) is 4.79 Å². The number of methoxy groups -OCH3 is 1. The van der Waals surface area contributed by atoms with Gasteiger partial charge in [-0.15, -0.1) is 0 Å². The second kappa shape index (κ2) is 6.38. The second-order valence-electron chi connectivity index (χ2n) is 4.65. The summed E-state index contributed by atoms with van der Waals surface area (Å²) in [5.41, 5.74) is 2.34. The van der Waals surface area contributed by atoms with Crippen molar-refractivity contribution >= 4 is 16.8 Å². The molecule has 0 aliphatic rings. The number of hydrogen-bond acceptors (Lipinski definition) is 2. The van der Waals surface area contributed by atoms with E-state index in [1.54, 1.807) is 7.11 Å². The maximum Gasteiger partial charge on any atom is 0.239 e. The van der Waals surface area contributed by atoms with E-state index in [2.05, 4.69) is 24.4 Å². The molecule has 2 aromatic rings. The summed E-state index contributed by atoms with van der Waals surface area (Å²) in [6.07, 6.45) is 2.81. The number of aryl methyl sites for hydroxylation is 1. The Morgan fingerprint density at radius 2 is 2.21 bits per heavy atom. The van der Waals surface area contributed by atoms with Crippen LogP contribution in [-0.2, 0) is 16.1 Å². The van der Waals surface area contributed by atoms with Gasteiger partial charge in [0.05, 0.1) is 0 Å². The van der Waals surface area contributed by atoms with Gasteiger partial charge in [0.25, 0.3) is 0 Å². The van der Waals surface area contributed by atoms with E-state index < -0.39 is 0 Å². The van der Waals surface area contributed by atoms with Gasteiger partial charge in [-0.1, -0.05) is 12.1 Å². The van der Waals surface area contributed by atoms with Crippen molar-refractivity contribution in [3.63, 3.8) is 0 Å². The third-order valence-electron chi connectivity index (χ3n) is 3.19. The molecule has 0 radical (unpaired) electrons. The van der Waals surface area contributed by atoms with Gasteiger partial charge in [0.15, 0.2) is 0 Å². The van der Waals surface area contributed by atoms with Crippen molar-refractivity contribution in [2.24, 2.45) is 0 Å². The lowest BCUT2D eigenvalue weighted by Gasteiger charge is -2.07. The Kier molecular flexibility index (Phi) is 4.58. The highest BCUT2D eigenvalue weighted by molar-refractivity contribution is 5.85. The van der Waals surface area contributed by atoms with Crippen molar-refractivity contribution in [2.45, 2.75) is 19.9 Å². The van der Waals surface area contributed by atoms with Crippen LogP contribution in [0.5, 0.6) is 0 Å². The number of fused-ring (bicyclic) bond motifs is 1. The predicted octanol–water partition coefficient (Wildman–Crippen LogP) is 2.10. The summed E-state index contributed by atoms with van der Waals surface area (Å²) < 4.78 is 6.92. The molecule has 0 spiro atoms. The van der Waals surface area contributed by atoms with Gasteiger partial charge < -0.3 is 14.6 Å². The Morgan fingerprint density at radius 3 is 3.00 bits per heavy atom. The number of nitrogens with one attached hydrogen (secondary N) is 1. The van der Waals surface area contributed by atoms with Crippen LogP contribution in [-0.4, -0.2) is 30.7 Å². The molecule has 4 nitrogen and oxygen atoms in total. The first kappa shape index (κ1) is 13.6. The lowest BCUT2D eigenvalue weighted by molar-refractivity contribution is -0.121. The molecule has 0 aliphatic heterocycles. The number of benzene rings is 1. The van der Waals surface area contributed by atoms with Crippen molar-refractivity contribution in [3.05, 3.63) is 36.0 Å². The number of nitrogens with zero attached hydrogens (tertiary/aromatic N) is 1. The molecular formula is C15H20N2O2. The number of ether oxygens (including phenoxy) is 1. The highest BCUT2D eigenvalue weighted by Crippen LogP contribution is 2.19. The smallest absolute Gasteiger partial charge is 0.239 e. The minimum Gasteiger partial charge on any atom is -0.385 e. The third kappa shape index (κ3) is 3.35. The largest absolute Gasteiger partial charge is 0.385 e. The predicted molar refractivity (Wildman–Crippen MR) is 76.2 cm³/mol. The second-order valence-corrected chi connectivity index (χ2v) is 4.65. The monoisotopic (exact) mass is 260 g/mol. The number of rotatable bonds is 6. The molecule has 2 rings (SSSR count). The molecule has 0 unspecified atom stereocenters. The maximum atomic E-state index is 11.8. The average Bonchev–Trinajstić information content (AvgIpc) is 2.80. The zero-order chi connectivity index (χ0) is 13.7. The van der Waals surface area contributed by atoms with Crippen LogP contribution in [0.25, 0.3) is 10.9 Å². The molecule has 1 aromatic carbocycles. The molecule has 1 aromatic heterocycles. The number of amides is 1. The molecule has 0 fully saturated rings. The normalized spacial score (nSPS) is 10.8. The summed E-state index contributed by atoms with van der Waals surface area (Å²) in [7, 11) is 1.66. The van der Waals surface area contributed by atoms with Gasteiger partial charge in [0.1, 0.15) is 6.54 Å². The summed E-state index contributed by atoms with van der Waals surface area (Å²) in [5, 5.41) is 4.10. The molecule has 0 bridgehead atoms. The van der Waals surface area contributed by atoms with Crippen molar-refractivity contribution in [2.75, 3.05) is 20.3 Å². The van der Waals surface area contributed by atoms with Crippen LogP contribution in [0.3, 0.4) is 0 Å². The fourth-order valence-electron chi connectivity index (χ4n) is 2.17.